The monoisotopic (exact) mass is 259 g/mol. The van der Waals surface area contributed by atoms with Crippen LogP contribution in [0.1, 0.15) is 46.0 Å². The molecular formula is C13H25NO2S. The van der Waals surface area contributed by atoms with Crippen LogP contribution in [-0.2, 0) is 9.53 Å². The molecule has 1 unspecified atom stereocenters. The maximum absolute atomic E-state index is 11.3. The second-order valence-electron chi connectivity index (χ2n) is 4.79. The molecule has 100 valence electrons. The van der Waals surface area contributed by atoms with E-state index in [1.165, 1.54) is 25.7 Å². The minimum absolute atomic E-state index is 0.0923. The van der Waals surface area contributed by atoms with E-state index in [0.717, 1.165) is 5.25 Å². The van der Waals surface area contributed by atoms with Crippen molar-refractivity contribution >= 4 is 17.7 Å². The largest absolute Gasteiger partial charge is 0.466 e. The van der Waals surface area contributed by atoms with E-state index < -0.39 is 0 Å². The number of nitrogens with one attached hydrogen (secondary N) is 1. The highest BCUT2D eigenvalue weighted by atomic mass is 32.2. The van der Waals surface area contributed by atoms with Gasteiger partial charge in [0, 0.05) is 17.3 Å². The Bertz CT molecular complexity index is 227. The quantitative estimate of drug-likeness (QED) is 0.744. The van der Waals surface area contributed by atoms with E-state index in [4.69, 9.17) is 4.74 Å². The van der Waals surface area contributed by atoms with Gasteiger partial charge in [-0.3, -0.25) is 4.79 Å². The van der Waals surface area contributed by atoms with Crippen molar-refractivity contribution < 1.29 is 9.53 Å². The van der Waals surface area contributed by atoms with Crippen LogP contribution in [-0.4, -0.2) is 36.2 Å². The number of ether oxygens (including phenoxy) is 1. The third-order valence-corrected chi connectivity index (χ3v) is 4.44. The fraction of sp³-hybridized carbons (Fsp3) is 0.923. The molecule has 1 N–H and O–H groups in total. The molecule has 1 aliphatic rings. The smallest absolute Gasteiger partial charge is 0.307 e. The summed E-state index contributed by atoms with van der Waals surface area (Å²) in [5.74, 6) is -0.0923. The van der Waals surface area contributed by atoms with E-state index in [1.807, 2.05) is 18.7 Å². The number of carbonyl (C=O) groups is 1. The third-order valence-electron chi connectivity index (χ3n) is 3.31. The molecule has 1 atom stereocenters. The van der Waals surface area contributed by atoms with Gasteiger partial charge in [0.05, 0.1) is 13.0 Å². The van der Waals surface area contributed by atoms with Crippen LogP contribution in [0.5, 0.6) is 0 Å². The lowest BCUT2D eigenvalue weighted by atomic mass is 9.94. The molecule has 0 aliphatic heterocycles. The molecule has 1 rings (SSSR count). The van der Waals surface area contributed by atoms with Crippen LogP contribution >= 0.6 is 11.8 Å². The summed E-state index contributed by atoms with van der Waals surface area (Å²) >= 11 is 1.98. The minimum Gasteiger partial charge on any atom is -0.466 e. The lowest BCUT2D eigenvalue weighted by molar-refractivity contribution is -0.143. The van der Waals surface area contributed by atoms with Crippen molar-refractivity contribution in [2.45, 2.75) is 63.3 Å². The fourth-order valence-corrected chi connectivity index (χ4v) is 3.14. The summed E-state index contributed by atoms with van der Waals surface area (Å²) in [5.41, 5.74) is 0. The second-order valence-corrected chi connectivity index (χ2v) is 5.92. The number of carbonyl (C=O) groups excluding carboxylic acids is 1. The third kappa shape index (κ3) is 5.77. The van der Waals surface area contributed by atoms with E-state index in [9.17, 15) is 4.79 Å². The van der Waals surface area contributed by atoms with Gasteiger partial charge in [-0.15, -0.1) is 0 Å². The first-order chi connectivity index (χ1) is 8.15. The normalized spacial score (nSPS) is 26.5. The van der Waals surface area contributed by atoms with Gasteiger partial charge >= 0.3 is 5.97 Å². The Morgan fingerprint density at radius 1 is 1.41 bits per heavy atom. The highest BCUT2D eigenvalue weighted by Crippen LogP contribution is 2.27. The summed E-state index contributed by atoms with van der Waals surface area (Å²) in [5, 5.41) is 4.38. The molecule has 0 spiro atoms. The summed E-state index contributed by atoms with van der Waals surface area (Å²) in [6.07, 6.45) is 7.74. The highest BCUT2D eigenvalue weighted by Gasteiger charge is 2.22. The lowest BCUT2D eigenvalue weighted by Gasteiger charge is -2.30. The Hall–Kier alpha value is -0.220. The van der Waals surface area contributed by atoms with E-state index >= 15 is 0 Å². The highest BCUT2D eigenvalue weighted by molar-refractivity contribution is 7.99. The molecule has 4 heteroatoms. The number of esters is 1. The van der Waals surface area contributed by atoms with E-state index in [0.29, 0.717) is 19.1 Å². The average molecular weight is 259 g/mol. The van der Waals surface area contributed by atoms with E-state index in [1.54, 1.807) is 0 Å². The first-order valence-corrected chi connectivity index (χ1v) is 7.89. The molecule has 0 bridgehead atoms. The van der Waals surface area contributed by atoms with Crippen LogP contribution in [0.3, 0.4) is 0 Å². The number of rotatable bonds is 6. The van der Waals surface area contributed by atoms with E-state index in [-0.39, 0.29) is 12.0 Å². The maximum Gasteiger partial charge on any atom is 0.307 e. The van der Waals surface area contributed by atoms with Crippen molar-refractivity contribution in [1.82, 2.24) is 5.32 Å². The van der Waals surface area contributed by atoms with E-state index in [2.05, 4.69) is 18.5 Å². The van der Waals surface area contributed by atoms with Crippen LogP contribution < -0.4 is 5.32 Å². The standard InChI is InChI=1S/C13H25NO2S/c1-4-16-13(15)9-10(2)14-11-5-7-12(17-3)8-6-11/h10-12,14H,4-9H2,1-3H3. The van der Waals surface area contributed by atoms with Crippen molar-refractivity contribution in [2.75, 3.05) is 12.9 Å². The second kappa shape index (κ2) is 7.98. The molecule has 0 heterocycles. The van der Waals surface area contributed by atoms with Gasteiger partial charge in [0.1, 0.15) is 0 Å². The van der Waals surface area contributed by atoms with Gasteiger partial charge in [0.15, 0.2) is 0 Å². The number of thioether (sulfide) groups is 1. The SMILES string of the molecule is CCOC(=O)CC(C)NC1CCC(SC)CC1. The van der Waals surface area contributed by atoms with Crippen molar-refractivity contribution in [1.29, 1.82) is 0 Å². The summed E-state index contributed by atoms with van der Waals surface area (Å²) in [7, 11) is 0. The van der Waals surface area contributed by atoms with Gasteiger partial charge in [-0.05, 0) is 45.8 Å². The molecule has 0 aromatic rings. The summed E-state index contributed by atoms with van der Waals surface area (Å²) < 4.78 is 4.95. The summed E-state index contributed by atoms with van der Waals surface area (Å²) in [6.45, 7) is 4.39. The molecular weight excluding hydrogens is 234 g/mol. The van der Waals surface area contributed by atoms with Crippen LogP contribution in [0.25, 0.3) is 0 Å². The van der Waals surface area contributed by atoms with Crippen LogP contribution in [0, 0.1) is 0 Å². The van der Waals surface area contributed by atoms with Gasteiger partial charge < -0.3 is 10.1 Å². The predicted molar refractivity (Wildman–Crippen MR) is 73.4 cm³/mol. The molecule has 1 aliphatic carbocycles. The zero-order valence-corrected chi connectivity index (χ0v) is 12.0. The minimum atomic E-state index is -0.0923. The Balaban J connectivity index is 2.18. The summed E-state index contributed by atoms with van der Waals surface area (Å²) in [4.78, 5) is 11.3. The van der Waals surface area contributed by atoms with Gasteiger partial charge in [-0.2, -0.15) is 11.8 Å². The maximum atomic E-state index is 11.3. The zero-order chi connectivity index (χ0) is 12.7. The van der Waals surface area contributed by atoms with Crippen molar-refractivity contribution in [3.8, 4) is 0 Å². The Kier molecular flexibility index (Phi) is 6.97. The molecule has 0 aromatic heterocycles. The van der Waals surface area contributed by atoms with Crippen LogP contribution in [0.15, 0.2) is 0 Å². The molecule has 1 fully saturated rings. The van der Waals surface area contributed by atoms with Gasteiger partial charge in [-0.25, -0.2) is 0 Å². The lowest BCUT2D eigenvalue weighted by Crippen LogP contribution is -2.40. The number of hydrogen-bond donors (Lipinski definition) is 1. The first-order valence-electron chi connectivity index (χ1n) is 6.60. The van der Waals surface area contributed by atoms with Crippen LogP contribution in [0.2, 0.25) is 0 Å². The van der Waals surface area contributed by atoms with Crippen molar-refractivity contribution in [3.63, 3.8) is 0 Å². The molecule has 0 aromatic carbocycles. The zero-order valence-electron chi connectivity index (χ0n) is 11.2. The predicted octanol–water partition coefficient (Wildman–Crippen LogP) is 2.59. The molecule has 0 amide bonds. The average Bonchev–Trinajstić information content (AvgIpc) is 2.30. The topological polar surface area (TPSA) is 38.3 Å². The van der Waals surface area contributed by atoms with Gasteiger partial charge in [0.25, 0.3) is 0 Å². The van der Waals surface area contributed by atoms with Gasteiger partial charge in [0.2, 0.25) is 0 Å². The van der Waals surface area contributed by atoms with Crippen molar-refractivity contribution in [2.24, 2.45) is 0 Å². The first kappa shape index (κ1) is 14.8. The van der Waals surface area contributed by atoms with Gasteiger partial charge in [-0.1, -0.05) is 0 Å². The fourth-order valence-electron chi connectivity index (χ4n) is 2.40. The summed E-state index contributed by atoms with van der Waals surface area (Å²) in [6, 6.07) is 0.813. The Morgan fingerprint density at radius 3 is 2.59 bits per heavy atom. The molecule has 3 nitrogen and oxygen atoms in total. The molecule has 0 radical (unpaired) electrons. The van der Waals surface area contributed by atoms with Crippen LogP contribution in [0.4, 0.5) is 0 Å². The Morgan fingerprint density at radius 2 is 2.06 bits per heavy atom. The number of hydrogen-bond acceptors (Lipinski definition) is 4. The molecule has 1 saturated carbocycles. The Labute approximate surface area is 109 Å². The molecule has 17 heavy (non-hydrogen) atoms. The van der Waals surface area contributed by atoms with Crippen molar-refractivity contribution in [3.05, 3.63) is 0 Å². The molecule has 0 saturated heterocycles.